The summed E-state index contributed by atoms with van der Waals surface area (Å²) in [5, 5.41) is 3.42. The summed E-state index contributed by atoms with van der Waals surface area (Å²) in [5.74, 6) is 0.913. The number of halogens is 1. The summed E-state index contributed by atoms with van der Waals surface area (Å²) < 4.78 is 11.0. The van der Waals surface area contributed by atoms with Gasteiger partial charge in [0.25, 0.3) is 0 Å². The Balaban J connectivity index is 0.00000420. The summed E-state index contributed by atoms with van der Waals surface area (Å²) in [6, 6.07) is 0.570. The summed E-state index contributed by atoms with van der Waals surface area (Å²) in [6.45, 7) is 15.4. The predicted molar refractivity (Wildman–Crippen MR) is 127 cm³/mol. The largest absolute Gasteiger partial charge is 0.444 e. The molecule has 0 aromatic carbocycles. The first-order chi connectivity index (χ1) is 13.3. The van der Waals surface area contributed by atoms with Crippen molar-refractivity contribution in [1.29, 1.82) is 0 Å². The summed E-state index contributed by atoms with van der Waals surface area (Å²) >= 11 is 0. The topological polar surface area (TPSA) is 69.6 Å². The second kappa shape index (κ2) is 12.8. The second-order valence-electron chi connectivity index (χ2n) is 8.48. The quantitative estimate of drug-likeness (QED) is 0.326. The number of rotatable bonds is 6. The molecule has 2 saturated heterocycles. The van der Waals surface area contributed by atoms with Crippen LogP contribution in [0.2, 0.25) is 0 Å². The van der Waals surface area contributed by atoms with E-state index in [9.17, 15) is 4.79 Å². The first-order valence-electron chi connectivity index (χ1n) is 10.6. The molecule has 170 valence electrons. The fourth-order valence-corrected chi connectivity index (χ4v) is 3.70. The lowest BCUT2D eigenvalue weighted by Crippen LogP contribution is -2.48. The van der Waals surface area contributed by atoms with Crippen molar-refractivity contribution in [3.05, 3.63) is 0 Å². The number of carbonyl (C=O) groups is 1. The Labute approximate surface area is 193 Å². The lowest BCUT2D eigenvalue weighted by molar-refractivity contribution is 0.0194. The minimum Gasteiger partial charge on any atom is -0.444 e. The molecule has 0 aromatic rings. The van der Waals surface area contributed by atoms with Crippen LogP contribution in [0.15, 0.2) is 4.99 Å². The van der Waals surface area contributed by atoms with E-state index in [4.69, 9.17) is 9.47 Å². The normalized spacial score (nSPS) is 20.9. The molecule has 2 fully saturated rings. The van der Waals surface area contributed by atoms with E-state index in [0.717, 1.165) is 58.2 Å². The van der Waals surface area contributed by atoms with Gasteiger partial charge in [0.15, 0.2) is 5.96 Å². The van der Waals surface area contributed by atoms with Crippen molar-refractivity contribution in [2.24, 2.45) is 4.99 Å². The minimum atomic E-state index is -0.476. The number of nitrogens with zero attached hydrogens (tertiary/aromatic N) is 4. The lowest BCUT2D eigenvalue weighted by atomic mass is 10.2. The van der Waals surface area contributed by atoms with Crippen LogP contribution in [-0.4, -0.2) is 104 Å². The van der Waals surface area contributed by atoms with E-state index >= 15 is 0 Å². The van der Waals surface area contributed by atoms with E-state index in [2.05, 4.69) is 27.0 Å². The van der Waals surface area contributed by atoms with Crippen LogP contribution in [0.25, 0.3) is 0 Å². The SMILES string of the molecule is CCCN(CCNC(=NC)N1CCC(N2CCOCC2)C1)C(=O)OC(C)(C)C.I. The van der Waals surface area contributed by atoms with Crippen LogP contribution in [0.4, 0.5) is 4.79 Å². The Morgan fingerprint density at radius 2 is 1.93 bits per heavy atom. The van der Waals surface area contributed by atoms with Gasteiger partial charge in [-0.05, 0) is 33.6 Å². The molecular weight excluding hydrogens is 485 g/mol. The molecule has 0 bridgehead atoms. The van der Waals surface area contributed by atoms with E-state index in [0.29, 0.717) is 25.7 Å². The van der Waals surface area contributed by atoms with Gasteiger partial charge in [0.05, 0.1) is 13.2 Å². The molecule has 1 N–H and O–H groups in total. The molecule has 0 spiro atoms. The molecule has 9 heteroatoms. The zero-order valence-corrected chi connectivity index (χ0v) is 21.1. The van der Waals surface area contributed by atoms with Crippen molar-refractivity contribution < 1.29 is 14.3 Å². The Kier molecular flexibility index (Phi) is 11.6. The molecule has 1 amide bonds. The molecule has 29 heavy (non-hydrogen) atoms. The van der Waals surface area contributed by atoms with Gasteiger partial charge in [0.1, 0.15) is 5.60 Å². The van der Waals surface area contributed by atoms with Gasteiger partial charge in [0, 0.05) is 58.9 Å². The monoisotopic (exact) mass is 525 g/mol. The van der Waals surface area contributed by atoms with Crippen molar-refractivity contribution in [1.82, 2.24) is 20.0 Å². The molecule has 1 unspecified atom stereocenters. The Hall–Kier alpha value is -0.810. The zero-order chi connectivity index (χ0) is 20.6. The molecule has 2 aliphatic rings. The van der Waals surface area contributed by atoms with Gasteiger partial charge in [-0.15, -0.1) is 24.0 Å². The first kappa shape index (κ1) is 26.2. The molecule has 0 radical (unpaired) electrons. The number of morpholine rings is 1. The van der Waals surface area contributed by atoms with Crippen LogP contribution in [0, 0.1) is 0 Å². The van der Waals surface area contributed by atoms with Crippen LogP contribution in [-0.2, 0) is 9.47 Å². The molecule has 2 heterocycles. The summed E-state index contributed by atoms with van der Waals surface area (Å²) in [5.41, 5.74) is -0.476. The summed E-state index contributed by atoms with van der Waals surface area (Å²) in [7, 11) is 1.82. The van der Waals surface area contributed by atoms with Gasteiger partial charge in [-0.3, -0.25) is 9.89 Å². The smallest absolute Gasteiger partial charge is 0.410 e. The molecular formula is C20H40IN5O3. The van der Waals surface area contributed by atoms with Crippen molar-refractivity contribution in [3.63, 3.8) is 0 Å². The van der Waals surface area contributed by atoms with E-state index in [1.807, 2.05) is 27.8 Å². The van der Waals surface area contributed by atoms with Crippen molar-refractivity contribution in [3.8, 4) is 0 Å². The van der Waals surface area contributed by atoms with Crippen molar-refractivity contribution in [2.45, 2.75) is 52.2 Å². The average molecular weight is 525 g/mol. The molecule has 2 aliphatic heterocycles. The number of carbonyl (C=O) groups excluding carboxylic acids is 1. The first-order valence-corrected chi connectivity index (χ1v) is 10.6. The maximum atomic E-state index is 12.4. The Morgan fingerprint density at radius 1 is 1.24 bits per heavy atom. The number of amides is 1. The Morgan fingerprint density at radius 3 is 2.52 bits per heavy atom. The molecule has 0 aromatic heterocycles. The van der Waals surface area contributed by atoms with Gasteiger partial charge in [-0.1, -0.05) is 6.92 Å². The number of aliphatic imine (C=N–C) groups is 1. The number of guanidine groups is 1. The molecule has 2 rings (SSSR count). The highest BCUT2D eigenvalue weighted by Gasteiger charge is 2.30. The van der Waals surface area contributed by atoms with Gasteiger partial charge >= 0.3 is 6.09 Å². The zero-order valence-electron chi connectivity index (χ0n) is 18.8. The van der Waals surface area contributed by atoms with Crippen LogP contribution in [0.1, 0.15) is 40.5 Å². The fraction of sp³-hybridized carbons (Fsp3) is 0.900. The van der Waals surface area contributed by atoms with Crippen LogP contribution in [0.3, 0.4) is 0 Å². The highest BCUT2D eigenvalue weighted by Crippen LogP contribution is 2.17. The van der Waals surface area contributed by atoms with Gasteiger partial charge in [-0.25, -0.2) is 4.79 Å². The lowest BCUT2D eigenvalue weighted by Gasteiger charge is -2.32. The number of nitrogens with one attached hydrogen (secondary N) is 1. The minimum absolute atomic E-state index is 0. The summed E-state index contributed by atoms with van der Waals surface area (Å²) in [6.07, 6.45) is 1.81. The van der Waals surface area contributed by atoms with E-state index in [-0.39, 0.29) is 30.1 Å². The number of ether oxygens (including phenoxy) is 2. The van der Waals surface area contributed by atoms with Gasteiger partial charge < -0.3 is 24.6 Å². The molecule has 1 atom stereocenters. The molecule has 0 saturated carbocycles. The highest BCUT2D eigenvalue weighted by molar-refractivity contribution is 14.0. The van der Waals surface area contributed by atoms with Crippen LogP contribution in [0.5, 0.6) is 0 Å². The third kappa shape index (κ3) is 8.84. The van der Waals surface area contributed by atoms with Gasteiger partial charge in [0.2, 0.25) is 0 Å². The molecule has 0 aliphatic carbocycles. The fourth-order valence-electron chi connectivity index (χ4n) is 3.70. The van der Waals surface area contributed by atoms with Crippen molar-refractivity contribution in [2.75, 3.05) is 66.1 Å². The average Bonchev–Trinajstić information content (AvgIpc) is 3.13. The third-order valence-corrected chi connectivity index (χ3v) is 5.05. The van der Waals surface area contributed by atoms with E-state index in [1.165, 1.54) is 0 Å². The van der Waals surface area contributed by atoms with Crippen molar-refractivity contribution >= 4 is 36.0 Å². The van der Waals surface area contributed by atoms with Gasteiger partial charge in [-0.2, -0.15) is 0 Å². The predicted octanol–water partition coefficient (Wildman–Crippen LogP) is 2.23. The standard InChI is InChI=1S/C20H39N5O3.HI/c1-6-9-24(19(26)28-20(2,3)4)11-8-22-18(21-5)25-10-7-17(16-25)23-12-14-27-15-13-23;/h17H,6-16H2,1-5H3,(H,21,22);1H. The van der Waals surface area contributed by atoms with Crippen LogP contribution >= 0.6 is 24.0 Å². The maximum Gasteiger partial charge on any atom is 0.410 e. The summed E-state index contributed by atoms with van der Waals surface area (Å²) in [4.78, 5) is 23.5. The number of hydrogen-bond donors (Lipinski definition) is 1. The molecule has 8 nitrogen and oxygen atoms in total. The number of hydrogen-bond acceptors (Lipinski definition) is 5. The van der Waals surface area contributed by atoms with E-state index in [1.54, 1.807) is 4.90 Å². The number of likely N-dealkylation sites (tertiary alicyclic amines) is 1. The second-order valence-corrected chi connectivity index (χ2v) is 8.48. The third-order valence-electron chi connectivity index (χ3n) is 5.05. The van der Waals surface area contributed by atoms with E-state index < -0.39 is 5.60 Å². The maximum absolute atomic E-state index is 12.4. The highest BCUT2D eigenvalue weighted by atomic mass is 127. The Bertz CT molecular complexity index is 521. The van der Waals surface area contributed by atoms with Crippen LogP contribution < -0.4 is 5.32 Å².